The molecule has 0 amide bonds. The Kier molecular flexibility index (Phi) is 4.68. The molecule has 1 atom stereocenters. The van der Waals surface area contributed by atoms with Gasteiger partial charge >= 0.3 is 6.18 Å². The predicted octanol–water partition coefficient (Wildman–Crippen LogP) is 4.85. The summed E-state index contributed by atoms with van der Waals surface area (Å²) in [6.07, 6.45) is 0.176. The minimum atomic E-state index is -4.73. The molecule has 0 aliphatic heterocycles. The van der Waals surface area contributed by atoms with Gasteiger partial charge in [0.15, 0.2) is 0 Å². The lowest BCUT2D eigenvalue weighted by Gasteiger charge is -2.16. The minimum Gasteiger partial charge on any atom is -0.388 e. The standard InChI is InChI=1S/C15H18F4O/c16-13-7-6-11(9-12(13)15(17,18)19)14(20)8-5-10-3-1-2-4-10/h6-7,9-10,14,20H,1-5,8H2. The Morgan fingerprint density at radius 1 is 1.20 bits per heavy atom. The van der Waals surface area contributed by atoms with E-state index >= 15 is 0 Å². The summed E-state index contributed by atoms with van der Waals surface area (Å²) in [5.41, 5.74) is -1.17. The Morgan fingerprint density at radius 3 is 2.45 bits per heavy atom. The van der Waals surface area contributed by atoms with Crippen molar-refractivity contribution in [3.8, 4) is 0 Å². The van der Waals surface area contributed by atoms with Crippen LogP contribution in [0.15, 0.2) is 18.2 Å². The van der Waals surface area contributed by atoms with Crippen molar-refractivity contribution >= 4 is 0 Å². The molecule has 0 aromatic heterocycles. The second-order valence-corrected chi connectivity index (χ2v) is 5.48. The maximum absolute atomic E-state index is 13.2. The Bertz CT molecular complexity index is 450. The molecule has 0 bridgehead atoms. The van der Waals surface area contributed by atoms with E-state index in [1.165, 1.54) is 18.9 Å². The van der Waals surface area contributed by atoms with Crippen molar-refractivity contribution in [1.82, 2.24) is 0 Å². The molecule has 1 N–H and O–H groups in total. The normalized spacial score (nSPS) is 18.4. The van der Waals surface area contributed by atoms with E-state index in [9.17, 15) is 22.7 Å². The van der Waals surface area contributed by atoms with Gasteiger partial charge in [0.2, 0.25) is 0 Å². The van der Waals surface area contributed by atoms with Gasteiger partial charge in [0.05, 0.1) is 11.7 Å². The van der Waals surface area contributed by atoms with Crippen molar-refractivity contribution in [2.45, 2.75) is 50.8 Å². The molecule has 112 valence electrons. The molecule has 1 aromatic rings. The molecule has 1 fully saturated rings. The molecule has 20 heavy (non-hydrogen) atoms. The highest BCUT2D eigenvalue weighted by Crippen LogP contribution is 2.35. The van der Waals surface area contributed by atoms with Gasteiger partial charge < -0.3 is 5.11 Å². The molecule has 5 heteroatoms. The van der Waals surface area contributed by atoms with Crippen LogP contribution in [0.5, 0.6) is 0 Å². The third kappa shape index (κ3) is 3.72. The second-order valence-electron chi connectivity index (χ2n) is 5.48. The summed E-state index contributed by atoms with van der Waals surface area (Å²) in [5.74, 6) is -0.739. The number of hydrogen-bond donors (Lipinski definition) is 1. The first-order valence-corrected chi connectivity index (χ1v) is 6.92. The lowest BCUT2D eigenvalue weighted by Crippen LogP contribution is -2.10. The number of alkyl halides is 3. The van der Waals surface area contributed by atoms with E-state index < -0.39 is 23.7 Å². The molecule has 0 spiro atoms. The topological polar surface area (TPSA) is 20.2 Å². The van der Waals surface area contributed by atoms with E-state index in [-0.39, 0.29) is 5.56 Å². The molecular formula is C15H18F4O. The number of halogens is 4. The van der Waals surface area contributed by atoms with Crippen LogP contribution in [0.3, 0.4) is 0 Å². The molecule has 1 aliphatic carbocycles. The Hall–Kier alpha value is -1.10. The molecule has 2 rings (SSSR count). The molecule has 1 nitrogen and oxygen atoms in total. The predicted molar refractivity (Wildman–Crippen MR) is 67.6 cm³/mol. The maximum Gasteiger partial charge on any atom is 0.419 e. The number of aliphatic hydroxyl groups is 1. The maximum atomic E-state index is 13.2. The Morgan fingerprint density at radius 2 is 1.85 bits per heavy atom. The first-order chi connectivity index (χ1) is 9.38. The van der Waals surface area contributed by atoms with Crippen molar-refractivity contribution in [3.05, 3.63) is 35.1 Å². The van der Waals surface area contributed by atoms with Gasteiger partial charge in [-0.2, -0.15) is 13.2 Å². The van der Waals surface area contributed by atoms with Crippen LogP contribution >= 0.6 is 0 Å². The van der Waals surface area contributed by atoms with Crippen LogP contribution in [0.1, 0.15) is 55.8 Å². The lowest BCUT2D eigenvalue weighted by atomic mass is 9.95. The van der Waals surface area contributed by atoms with Gasteiger partial charge in [-0.1, -0.05) is 31.7 Å². The number of hydrogen-bond acceptors (Lipinski definition) is 1. The summed E-state index contributed by atoms with van der Waals surface area (Å²) in [6.45, 7) is 0. The summed E-state index contributed by atoms with van der Waals surface area (Å²) < 4.78 is 51.0. The van der Waals surface area contributed by atoms with E-state index in [2.05, 4.69) is 0 Å². The zero-order valence-electron chi connectivity index (χ0n) is 11.1. The third-order valence-electron chi connectivity index (χ3n) is 4.00. The fourth-order valence-corrected chi connectivity index (χ4v) is 2.83. The van der Waals surface area contributed by atoms with E-state index in [4.69, 9.17) is 0 Å². The summed E-state index contributed by atoms with van der Waals surface area (Å²) in [4.78, 5) is 0. The van der Waals surface area contributed by atoms with E-state index in [0.29, 0.717) is 18.4 Å². The van der Waals surface area contributed by atoms with Crippen LogP contribution in [-0.4, -0.2) is 5.11 Å². The highest BCUT2D eigenvalue weighted by molar-refractivity contribution is 5.28. The largest absolute Gasteiger partial charge is 0.419 e. The van der Waals surface area contributed by atoms with Gasteiger partial charge in [-0.05, 0) is 36.5 Å². The molecule has 0 heterocycles. The smallest absolute Gasteiger partial charge is 0.388 e. The fourth-order valence-electron chi connectivity index (χ4n) is 2.83. The van der Waals surface area contributed by atoms with E-state index in [0.717, 1.165) is 25.3 Å². The number of rotatable bonds is 4. The average molecular weight is 290 g/mol. The van der Waals surface area contributed by atoms with Gasteiger partial charge in [-0.15, -0.1) is 0 Å². The quantitative estimate of drug-likeness (QED) is 0.786. The van der Waals surface area contributed by atoms with Crippen molar-refractivity contribution in [1.29, 1.82) is 0 Å². The fraction of sp³-hybridized carbons (Fsp3) is 0.600. The van der Waals surface area contributed by atoms with E-state index in [1.54, 1.807) is 0 Å². The summed E-state index contributed by atoms with van der Waals surface area (Å²) in [5, 5.41) is 9.97. The Labute approximate surface area is 115 Å². The van der Waals surface area contributed by atoms with Crippen molar-refractivity contribution in [2.75, 3.05) is 0 Å². The molecule has 0 radical (unpaired) electrons. The monoisotopic (exact) mass is 290 g/mol. The minimum absolute atomic E-state index is 0.136. The summed E-state index contributed by atoms with van der Waals surface area (Å²) >= 11 is 0. The average Bonchev–Trinajstić information content (AvgIpc) is 2.88. The molecule has 1 aliphatic rings. The van der Waals surface area contributed by atoms with Gasteiger partial charge in [0.1, 0.15) is 5.82 Å². The van der Waals surface area contributed by atoms with Gasteiger partial charge in [0.25, 0.3) is 0 Å². The van der Waals surface area contributed by atoms with Crippen molar-refractivity contribution in [3.63, 3.8) is 0 Å². The molecule has 1 saturated carbocycles. The highest BCUT2D eigenvalue weighted by atomic mass is 19.4. The van der Waals surface area contributed by atoms with Crippen LogP contribution < -0.4 is 0 Å². The lowest BCUT2D eigenvalue weighted by molar-refractivity contribution is -0.140. The highest BCUT2D eigenvalue weighted by Gasteiger charge is 2.34. The number of benzene rings is 1. The zero-order chi connectivity index (χ0) is 14.8. The van der Waals surface area contributed by atoms with Gasteiger partial charge in [-0.25, -0.2) is 4.39 Å². The van der Waals surface area contributed by atoms with Crippen LogP contribution in [0.2, 0.25) is 0 Å². The van der Waals surface area contributed by atoms with Crippen LogP contribution in [0, 0.1) is 11.7 Å². The first kappa shape index (κ1) is 15.3. The summed E-state index contributed by atoms with van der Waals surface area (Å²) in [6, 6.07) is 2.72. The van der Waals surface area contributed by atoms with Crippen LogP contribution in [-0.2, 0) is 6.18 Å². The van der Waals surface area contributed by atoms with Gasteiger partial charge in [-0.3, -0.25) is 0 Å². The third-order valence-corrected chi connectivity index (χ3v) is 4.00. The summed E-state index contributed by atoms with van der Waals surface area (Å²) in [7, 11) is 0. The Balaban J connectivity index is 2.03. The molecule has 1 unspecified atom stereocenters. The number of aliphatic hydroxyl groups excluding tert-OH is 1. The first-order valence-electron chi connectivity index (χ1n) is 6.92. The van der Waals surface area contributed by atoms with Crippen LogP contribution in [0.25, 0.3) is 0 Å². The SMILES string of the molecule is OC(CCC1CCCC1)c1ccc(F)c(C(F)(F)F)c1. The molecule has 0 saturated heterocycles. The van der Waals surface area contributed by atoms with Gasteiger partial charge in [0, 0.05) is 0 Å². The van der Waals surface area contributed by atoms with E-state index in [1.807, 2.05) is 0 Å². The molecule has 1 aromatic carbocycles. The van der Waals surface area contributed by atoms with Crippen LogP contribution in [0.4, 0.5) is 17.6 Å². The van der Waals surface area contributed by atoms with Crippen molar-refractivity contribution < 1.29 is 22.7 Å². The van der Waals surface area contributed by atoms with Crippen molar-refractivity contribution in [2.24, 2.45) is 5.92 Å². The molecular weight excluding hydrogens is 272 g/mol. The second kappa shape index (κ2) is 6.12. The zero-order valence-corrected chi connectivity index (χ0v) is 11.1.